The maximum atomic E-state index is 5.61. The number of aromatic nitrogens is 2. The van der Waals surface area contributed by atoms with Crippen LogP contribution in [-0.4, -0.2) is 9.78 Å². The summed E-state index contributed by atoms with van der Waals surface area (Å²) in [6.07, 6.45) is 5.02. The van der Waals surface area contributed by atoms with Gasteiger partial charge in [0, 0.05) is 6.20 Å². The first-order chi connectivity index (χ1) is 8.24. The molecule has 0 aliphatic carbocycles. The van der Waals surface area contributed by atoms with Crippen LogP contribution in [0.1, 0.15) is 19.4 Å². The third kappa shape index (κ3) is 3.63. The average Bonchev–Trinajstić information content (AvgIpc) is 2.75. The van der Waals surface area contributed by atoms with Gasteiger partial charge in [-0.05, 0) is 30.0 Å². The second kappa shape index (κ2) is 5.53. The van der Waals surface area contributed by atoms with Crippen LogP contribution in [0.25, 0.3) is 0 Å². The Kier molecular flexibility index (Phi) is 3.81. The summed E-state index contributed by atoms with van der Waals surface area (Å²) in [5.41, 5.74) is 1.26. The van der Waals surface area contributed by atoms with E-state index in [1.807, 2.05) is 47.4 Å². The molecule has 2 aromatic rings. The molecule has 0 spiro atoms. The molecule has 2 rings (SSSR count). The van der Waals surface area contributed by atoms with E-state index >= 15 is 0 Å². The molecule has 0 unspecified atom stereocenters. The van der Waals surface area contributed by atoms with Gasteiger partial charge in [-0.3, -0.25) is 0 Å². The molecule has 17 heavy (non-hydrogen) atoms. The third-order valence-corrected chi connectivity index (χ3v) is 2.44. The first-order valence-corrected chi connectivity index (χ1v) is 5.93. The second-order valence-corrected chi connectivity index (χ2v) is 4.57. The van der Waals surface area contributed by atoms with Gasteiger partial charge in [0.25, 0.3) is 0 Å². The average molecular weight is 230 g/mol. The second-order valence-electron chi connectivity index (χ2n) is 4.57. The zero-order valence-corrected chi connectivity index (χ0v) is 10.3. The Morgan fingerprint density at radius 2 is 2.00 bits per heavy atom. The molecule has 0 saturated carbocycles. The zero-order valence-electron chi connectivity index (χ0n) is 10.3. The molecule has 0 radical (unpaired) electrons. The van der Waals surface area contributed by atoms with Gasteiger partial charge in [0.05, 0.1) is 6.20 Å². The maximum absolute atomic E-state index is 5.61. The normalized spacial score (nSPS) is 10.8. The Morgan fingerprint density at radius 1 is 1.24 bits per heavy atom. The number of rotatable bonds is 5. The molecule has 1 aromatic carbocycles. The van der Waals surface area contributed by atoms with Crippen LogP contribution in [0.3, 0.4) is 0 Å². The number of nitrogens with zero attached hydrogens (tertiary/aromatic N) is 2. The van der Waals surface area contributed by atoms with E-state index in [1.54, 1.807) is 0 Å². The molecule has 0 atom stereocenters. The van der Waals surface area contributed by atoms with E-state index in [0.29, 0.717) is 12.6 Å². The van der Waals surface area contributed by atoms with Crippen molar-refractivity contribution in [3.8, 4) is 5.75 Å². The van der Waals surface area contributed by atoms with E-state index in [4.69, 9.17) is 4.74 Å². The van der Waals surface area contributed by atoms with Crippen molar-refractivity contribution in [3.63, 3.8) is 0 Å². The summed E-state index contributed by atoms with van der Waals surface area (Å²) in [7, 11) is 0. The standard InChI is InChI=1S/C14H18N2O/c1-12(2)8-13-9-15-16(10-13)11-17-14-6-4-3-5-7-14/h3-7,9-10,12H,8,11H2,1-2H3. The number of para-hydroxylation sites is 1. The highest BCUT2D eigenvalue weighted by Crippen LogP contribution is 2.10. The number of benzene rings is 1. The lowest BCUT2D eigenvalue weighted by molar-refractivity contribution is 0.221. The third-order valence-electron chi connectivity index (χ3n) is 2.44. The SMILES string of the molecule is CC(C)Cc1cnn(COc2ccccc2)c1. The highest BCUT2D eigenvalue weighted by Gasteiger charge is 2.01. The van der Waals surface area contributed by atoms with Crippen LogP contribution >= 0.6 is 0 Å². The minimum Gasteiger partial charge on any atom is -0.471 e. The summed E-state index contributed by atoms with van der Waals surface area (Å²) in [5, 5.41) is 4.28. The Balaban J connectivity index is 1.89. The van der Waals surface area contributed by atoms with E-state index in [1.165, 1.54) is 5.56 Å². The highest BCUT2D eigenvalue weighted by molar-refractivity contribution is 5.20. The predicted molar refractivity (Wildman–Crippen MR) is 67.8 cm³/mol. The smallest absolute Gasteiger partial charge is 0.180 e. The Bertz CT molecular complexity index is 448. The Labute approximate surface area is 102 Å². The van der Waals surface area contributed by atoms with Crippen molar-refractivity contribution in [1.82, 2.24) is 9.78 Å². The lowest BCUT2D eigenvalue weighted by Crippen LogP contribution is -2.05. The summed E-state index contributed by atoms with van der Waals surface area (Å²) in [5.74, 6) is 1.52. The van der Waals surface area contributed by atoms with Crippen LogP contribution in [0.2, 0.25) is 0 Å². The number of hydrogen-bond acceptors (Lipinski definition) is 2. The van der Waals surface area contributed by atoms with Gasteiger partial charge >= 0.3 is 0 Å². The van der Waals surface area contributed by atoms with E-state index in [2.05, 4.69) is 18.9 Å². The molecule has 0 saturated heterocycles. The molecule has 90 valence electrons. The summed E-state index contributed by atoms with van der Waals surface area (Å²) in [6.45, 7) is 4.87. The van der Waals surface area contributed by atoms with Gasteiger partial charge < -0.3 is 4.74 Å². The lowest BCUT2D eigenvalue weighted by Gasteiger charge is -2.05. The van der Waals surface area contributed by atoms with Gasteiger partial charge in [-0.15, -0.1) is 0 Å². The van der Waals surface area contributed by atoms with Crippen molar-refractivity contribution in [1.29, 1.82) is 0 Å². The molecule has 1 aromatic heterocycles. The van der Waals surface area contributed by atoms with E-state index in [-0.39, 0.29) is 0 Å². The lowest BCUT2D eigenvalue weighted by atomic mass is 10.1. The molecule has 0 aliphatic heterocycles. The van der Waals surface area contributed by atoms with Crippen LogP contribution in [-0.2, 0) is 13.2 Å². The maximum Gasteiger partial charge on any atom is 0.180 e. The first-order valence-electron chi connectivity index (χ1n) is 5.93. The molecule has 0 bridgehead atoms. The molecule has 0 aliphatic rings. The Hall–Kier alpha value is -1.77. The fourth-order valence-corrected chi connectivity index (χ4v) is 1.71. The van der Waals surface area contributed by atoms with Crippen LogP contribution in [0, 0.1) is 5.92 Å². The summed E-state index contributed by atoms with van der Waals surface area (Å²) in [4.78, 5) is 0. The van der Waals surface area contributed by atoms with E-state index in [0.717, 1.165) is 12.2 Å². The van der Waals surface area contributed by atoms with Gasteiger partial charge in [-0.2, -0.15) is 5.10 Å². The van der Waals surface area contributed by atoms with Crippen LogP contribution in [0.4, 0.5) is 0 Å². The first kappa shape index (κ1) is 11.7. The number of hydrogen-bond donors (Lipinski definition) is 0. The van der Waals surface area contributed by atoms with Gasteiger partial charge in [0.2, 0.25) is 0 Å². The van der Waals surface area contributed by atoms with Gasteiger partial charge in [0.1, 0.15) is 5.75 Å². The molecular weight excluding hydrogens is 212 g/mol. The van der Waals surface area contributed by atoms with Crippen molar-refractivity contribution >= 4 is 0 Å². The summed E-state index contributed by atoms with van der Waals surface area (Å²) >= 11 is 0. The molecule has 0 fully saturated rings. The van der Waals surface area contributed by atoms with Crippen LogP contribution in [0.5, 0.6) is 5.75 Å². The zero-order chi connectivity index (χ0) is 12.1. The van der Waals surface area contributed by atoms with Crippen molar-refractivity contribution in [2.24, 2.45) is 5.92 Å². The van der Waals surface area contributed by atoms with Crippen molar-refractivity contribution in [2.45, 2.75) is 27.0 Å². The van der Waals surface area contributed by atoms with Gasteiger partial charge in [-0.25, -0.2) is 4.68 Å². The molecule has 1 heterocycles. The fourth-order valence-electron chi connectivity index (χ4n) is 1.71. The molecule has 0 amide bonds. The molecule has 3 nitrogen and oxygen atoms in total. The van der Waals surface area contributed by atoms with Gasteiger partial charge in [0.15, 0.2) is 6.73 Å². The minimum absolute atomic E-state index is 0.460. The molecule has 3 heteroatoms. The van der Waals surface area contributed by atoms with Crippen LogP contribution in [0.15, 0.2) is 42.7 Å². The van der Waals surface area contributed by atoms with Crippen molar-refractivity contribution < 1.29 is 4.74 Å². The monoisotopic (exact) mass is 230 g/mol. The quantitative estimate of drug-likeness (QED) is 0.789. The summed E-state index contributed by atoms with van der Waals surface area (Å²) in [6, 6.07) is 9.78. The number of ether oxygens (including phenoxy) is 1. The van der Waals surface area contributed by atoms with Crippen LogP contribution < -0.4 is 4.74 Å². The van der Waals surface area contributed by atoms with E-state index < -0.39 is 0 Å². The largest absolute Gasteiger partial charge is 0.471 e. The fraction of sp³-hybridized carbons (Fsp3) is 0.357. The Morgan fingerprint density at radius 3 is 2.71 bits per heavy atom. The molecule has 0 N–H and O–H groups in total. The molecular formula is C14H18N2O. The van der Waals surface area contributed by atoms with Crippen molar-refractivity contribution in [2.75, 3.05) is 0 Å². The minimum atomic E-state index is 0.460. The highest BCUT2D eigenvalue weighted by atomic mass is 16.5. The topological polar surface area (TPSA) is 27.1 Å². The van der Waals surface area contributed by atoms with Crippen molar-refractivity contribution in [3.05, 3.63) is 48.3 Å². The summed E-state index contributed by atoms with van der Waals surface area (Å²) < 4.78 is 7.43. The predicted octanol–water partition coefficient (Wildman–Crippen LogP) is 3.12. The van der Waals surface area contributed by atoms with E-state index in [9.17, 15) is 0 Å². The van der Waals surface area contributed by atoms with Gasteiger partial charge in [-0.1, -0.05) is 32.0 Å².